The van der Waals surface area contributed by atoms with E-state index in [1.165, 1.54) is 4.90 Å². The van der Waals surface area contributed by atoms with Crippen LogP contribution in [0.5, 0.6) is 0 Å². The van der Waals surface area contributed by atoms with Gasteiger partial charge in [-0.2, -0.15) is 0 Å². The van der Waals surface area contributed by atoms with Crippen LogP contribution in [0.4, 0.5) is 4.79 Å². The van der Waals surface area contributed by atoms with Crippen LogP contribution in [0.1, 0.15) is 42.7 Å². The van der Waals surface area contributed by atoms with Crippen molar-refractivity contribution in [3.8, 4) is 11.1 Å². The lowest BCUT2D eigenvalue weighted by molar-refractivity contribution is -0.159. The van der Waals surface area contributed by atoms with E-state index in [2.05, 4.69) is 29.6 Å². The molecule has 2 aliphatic heterocycles. The molecule has 35 heavy (non-hydrogen) atoms. The highest BCUT2D eigenvalue weighted by molar-refractivity contribution is 5.93. The van der Waals surface area contributed by atoms with Crippen molar-refractivity contribution in [2.24, 2.45) is 5.92 Å². The third kappa shape index (κ3) is 3.50. The highest BCUT2D eigenvalue weighted by atomic mass is 16.6. The molecule has 2 N–H and O–H groups in total. The molecule has 6 rings (SSSR count). The Morgan fingerprint density at radius 1 is 1.06 bits per heavy atom. The van der Waals surface area contributed by atoms with Crippen LogP contribution >= 0.6 is 0 Å². The Balaban J connectivity index is 1.12. The molecule has 3 fully saturated rings. The fourth-order valence-corrected chi connectivity index (χ4v) is 6.29. The van der Waals surface area contributed by atoms with Crippen LogP contribution in [0.3, 0.4) is 0 Å². The number of hydrogen-bond acceptors (Lipinski definition) is 5. The van der Waals surface area contributed by atoms with Crippen molar-refractivity contribution >= 4 is 18.0 Å². The number of hydrogen-bond donors (Lipinski definition) is 2. The molecule has 0 spiro atoms. The first kappa shape index (κ1) is 22.1. The quantitative estimate of drug-likeness (QED) is 0.687. The molecule has 4 atom stereocenters. The van der Waals surface area contributed by atoms with Gasteiger partial charge in [-0.3, -0.25) is 4.79 Å². The minimum absolute atomic E-state index is 0.00708. The van der Waals surface area contributed by atoms with Gasteiger partial charge in [-0.15, -0.1) is 0 Å². The van der Waals surface area contributed by atoms with Crippen LogP contribution in [0.15, 0.2) is 48.5 Å². The van der Waals surface area contributed by atoms with Crippen molar-refractivity contribution < 1.29 is 29.0 Å². The number of carboxylic acids is 1. The monoisotopic (exact) mass is 476 g/mol. The number of fused-ring (bicyclic) bond motifs is 4. The second kappa shape index (κ2) is 8.37. The standard InChI is InChI=1S/C27H28N2O6/c30-24(29-12-5-6-16-14-27(16,29)25(31)32)23-22(11-13-34-23)28-26(33)35-15-21-19-9-3-1-7-17(19)18-8-2-4-10-20(18)21/h1-4,7-10,16,21-23H,5-6,11-15H2,(H,28,33)(H,31,32)/t16-,22+,23-,27+/m1/s1. The van der Waals surface area contributed by atoms with Gasteiger partial charge in [-0.05, 0) is 53.9 Å². The Morgan fingerprint density at radius 2 is 1.74 bits per heavy atom. The minimum Gasteiger partial charge on any atom is -0.479 e. The van der Waals surface area contributed by atoms with Gasteiger partial charge in [0.25, 0.3) is 5.91 Å². The van der Waals surface area contributed by atoms with Crippen molar-refractivity contribution in [2.75, 3.05) is 19.8 Å². The summed E-state index contributed by atoms with van der Waals surface area (Å²) in [5.74, 6) is -1.35. The summed E-state index contributed by atoms with van der Waals surface area (Å²) in [4.78, 5) is 39.5. The number of nitrogens with one attached hydrogen (secondary N) is 1. The Bertz CT molecular complexity index is 1150. The summed E-state index contributed by atoms with van der Waals surface area (Å²) in [6, 6.07) is 15.7. The molecular formula is C27H28N2O6. The number of likely N-dealkylation sites (tertiary alicyclic amines) is 1. The molecular weight excluding hydrogens is 448 g/mol. The van der Waals surface area contributed by atoms with Gasteiger partial charge < -0.3 is 24.8 Å². The van der Waals surface area contributed by atoms with Crippen molar-refractivity contribution in [1.29, 1.82) is 0 Å². The van der Waals surface area contributed by atoms with E-state index in [1.54, 1.807) is 0 Å². The normalized spacial score (nSPS) is 28.6. The third-order valence-electron chi connectivity index (χ3n) is 8.11. The molecule has 0 unspecified atom stereocenters. The molecule has 2 aromatic rings. The van der Waals surface area contributed by atoms with Crippen molar-refractivity contribution in [3.63, 3.8) is 0 Å². The summed E-state index contributed by atoms with van der Waals surface area (Å²) in [7, 11) is 0. The molecule has 182 valence electrons. The lowest BCUT2D eigenvalue weighted by atomic mass is 9.98. The topological polar surface area (TPSA) is 105 Å². The number of piperidine rings is 1. The number of benzene rings is 2. The molecule has 2 aliphatic carbocycles. The highest BCUT2D eigenvalue weighted by Crippen LogP contribution is 2.54. The van der Waals surface area contributed by atoms with Crippen molar-refractivity contribution in [1.82, 2.24) is 10.2 Å². The van der Waals surface area contributed by atoms with Crippen molar-refractivity contribution in [3.05, 3.63) is 59.7 Å². The van der Waals surface area contributed by atoms with Crippen LogP contribution in [-0.2, 0) is 19.1 Å². The number of carboxylic acid groups (broad SMARTS) is 1. The summed E-state index contributed by atoms with van der Waals surface area (Å²) in [5, 5.41) is 12.6. The van der Waals surface area contributed by atoms with Crippen LogP contribution in [0, 0.1) is 5.92 Å². The Labute approximate surface area is 203 Å². The Morgan fingerprint density at radius 3 is 2.43 bits per heavy atom. The maximum atomic E-state index is 13.3. The first-order valence-corrected chi connectivity index (χ1v) is 12.3. The third-order valence-corrected chi connectivity index (χ3v) is 8.11. The lowest BCUT2D eigenvalue weighted by Crippen LogP contribution is -2.57. The van der Waals surface area contributed by atoms with Crippen LogP contribution in [0.25, 0.3) is 11.1 Å². The van der Waals surface area contributed by atoms with E-state index in [-0.39, 0.29) is 24.3 Å². The van der Waals surface area contributed by atoms with E-state index < -0.39 is 29.7 Å². The fraction of sp³-hybridized carbons (Fsp3) is 0.444. The van der Waals surface area contributed by atoms with E-state index in [1.807, 2.05) is 24.3 Å². The second-order valence-corrected chi connectivity index (χ2v) is 9.92. The number of ether oxygens (including phenoxy) is 2. The Hall–Kier alpha value is -3.39. The average Bonchev–Trinajstić information content (AvgIpc) is 3.34. The van der Waals surface area contributed by atoms with Crippen LogP contribution < -0.4 is 5.32 Å². The fourth-order valence-electron chi connectivity index (χ4n) is 6.29. The van der Waals surface area contributed by atoms with E-state index in [0.717, 1.165) is 35.1 Å². The largest absolute Gasteiger partial charge is 0.479 e. The number of aliphatic carboxylic acids is 1. The molecule has 0 aromatic heterocycles. The number of amides is 2. The first-order valence-electron chi connectivity index (χ1n) is 12.3. The lowest BCUT2D eigenvalue weighted by Gasteiger charge is -2.36. The zero-order chi connectivity index (χ0) is 24.2. The van der Waals surface area contributed by atoms with Crippen molar-refractivity contribution in [2.45, 2.75) is 49.3 Å². The zero-order valence-electron chi connectivity index (χ0n) is 19.3. The SMILES string of the molecule is O=C(N[C@H]1CCO[C@H]1C(=O)N1CCC[C@@H]2C[C@@]21C(=O)O)OCC1c2ccccc2-c2ccccc21. The van der Waals surface area contributed by atoms with Crippen LogP contribution in [0.2, 0.25) is 0 Å². The predicted molar refractivity (Wildman–Crippen MR) is 126 cm³/mol. The highest BCUT2D eigenvalue weighted by Gasteiger charge is 2.67. The molecule has 4 aliphatic rings. The van der Waals surface area contributed by atoms with Crippen LogP contribution in [-0.4, -0.2) is 65.4 Å². The van der Waals surface area contributed by atoms with Gasteiger partial charge in [0.2, 0.25) is 0 Å². The minimum atomic E-state index is -1.10. The summed E-state index contributed by atoms with van der Waals surface area (Å²) in [6.45, 7) is 0.906. The van der Waals surface area contributed by atoms with E-state index in [4.69, 9.17) is 9.47 Å². The average molecular weight is 477 g/mol. The zero-order valence-corrected chi connectivity index (χ0v) is 19.3. The van der Waals surface area contributed by atoms with E-state index in [0.29, 0.717) is 26.0 Å². The predicted octanol–water partition coefficient (Wildman–Crippen LogP) is 3.15. The second-order valence-electron chi connectivity index (χ2n) is 9.92. The number of rotatable bonds is 5. The summed E-state index contributed by atoms with van der Waals surface area (Å²) >= 11 is 0. The van der Waals surface area contributed by atoms with Gasteiger partial charge in [-0.1, -0.05) is 48.5 Å². The Kier molecular flexibility index (Phi) is 5.29. The molecule has 2 aromatic carbocycles. The molecule has 2 saturated heterocycles. The molecule has 1 saturated carbocycles. The summed E-state index contributed by atoms with van der Waals surface area (Å²) < 4.78 is 11.3. The van der Waals surface area contributed by atoms with E-state index in [9.17, 15) is 19.5 Å². The molecule has 8 heteroatoms. The van der Waals surface area contributed by atoms with Gasteiger partial charge in [0.15, 0.2) is 6.10 Å². The molecule has 2 amide bonds. The number of alkyl carbamates (subject to hydrolysis) is 1. The smallest absolute Gasteiger partial charge is 0.407 e. The number of carbonyl (C=O) groups excluding carboxylic acids is 2. The molecule has 0 bridgehead atoms. The van der Waals surface area contributed by atoms with Gasteiger partial charge in [0.1, 0.15) is 12.1 Å². The molecule has 0 radical (unpaired) electrons. The van der Waals surface area contributed by atoms with Gasteiger partial charge in [0.05, 0.1) is 6.04 Å². The van der Waals surface area contributed by atoms with Gasteiger partial charge in [0, 0.05) is 19.1 Å². The maximum absolute atomic E-state index is 13.3. The summed E-state index contributed by atoms with van der Waals surface area (Å²) in [5.41, 5.74) is 3.46. The number of carbonyl (C=O) groups is 3. The maximum Gasteiger partial charge on any atom is 0.407 e. The van der Waals surface area contributed by atoms with E-state index >= 15 is 0 Å². The van der Waals surface area contributed by atoms with Gasteiger partial charge in [-0.25, -0.2) is 9.59 Å². The molecule has 8 nitrogen and oxygen atoms in total. The molecule has 2 heterocycles. The van der Waals surface area contributed by atoms with Gasteiger partial charge >= 0.3 is 12.1 Å². The number of nitrogens with zero attached hydrogens (tertiary/aromatic N) is 1. The summed E-state index contributed by atoms with van der Waals surface area (Å²) in [6.07, 6.45) is 1.07. The first-order chi connectivity index (χ1) is 17.0.